The molecule has 0 amide bonds. The van der Waals surface area contributed by atoms with Crippen molar-refractivity contribution >= 4 is 28.8 Å². The number of nitrogens with one attached hydrogen (secondary N) is 1. The zero-order valence-corrected chi connectivity index (χ0v) is 11.0. The summed E-state index contributed by atoms with van der Waals surface area (Å²) in [6.07, 6.45) is 0.755. The average molecular weight is 278 g/mol. The molecule has 1 saturated heterocycles. The van der Waals surface area contributed by atoms with Crippen LogP contribution in [0.5, 0.6) is 0 Å². The van der Waals surface area contributed by atoms with Crippen LogP contribution in [0.3, 0.4) is 0 Å². The second-order valence-corrected chi connectivity index (χ2v) is 5.54. The summed E-state index contributed by atoms with van der Waals surface area (Å²) in [6.45, 7) is 0. The third-order valence-electron chi connectivity index (χ3n) is 3.16. The molecule has 5 nitrogen and oxygen atoms in total. The van der Waals surface area contributed by atoms with Crippen molar-refractivity contribution in [1.29, 1.82) is 0 Å². The number of H-pyrrole nitrogens is 1. The van der Waals surface area contributed by atoms with Gasteiger partial charge in [0.25, 0.3) is 0 Å². The number of aliphatic carboxylic acids is 1. The molecular weight excluding hydrogens is 264 g/mol. The lowest BCUT2D eigenvalue weighted by Crippen LogP contribution is -2.21. The number of rotatable bonds is 4. The van der Waals surface area contributed by atoms with Gasteiger partial charge in [-0.2, -0.15) is 0 Å². The summed E-state index contributed by atoms with van der Waals surface area (Å²) in [7, 11) is 0. The molecule has 2 unspecified atom stereocenters. The Morgan fingerprint density at radius 1 is 1.47 bits per heavy atom. The van der Waals surface area contributed by atoms with Crippen molar-refractivity contribution in [3.05, 3.63) is 24.3 Å². The van der Waals surface area contributed by atoms with Crippen molar-refractivity contribution in [2.75, 3.05) is 5.75 Å². The van der Waals surface area contributed by atoms with Crippen LogP contribution in [0.2, 0.25) is 0 Å². The lowest BCUT2D eigenvalue weighted by atomic mass is 10.2. The van der Waals surface area contributed by atoms with E-state index in [4.69, 9.17) is 9.84 Å². The fourth-order valence-corrected chi connectivity index (χ4v) is 3.11. The number of carboxylic acid groups (broad SMARTS) is 1. The molecule has 1 aromatic heterocycles. The summed E-state index contributed by atoms with van der Waals surface area (Å²) in [5.74, 6) is -0.139. The summed E-state index contributed by atoms with van der Waals surface area (Å²) >= 11 is 1.57. The number of fused-ring (bicyclic) bond motifs is 1. The van der Waals surface area contributed by atoms with Gasteiger partial charge >= 0.3 is 5.97 Å². The number of aromatic amines is 1. The third-order valence-corrected chi connectivity index (χ3v) is 4.16. The summed E-state index contributed by atoms with van der Waals surface area (Å²) in [6, 6.07) is 7.86. The van der Waals surface area contributed by atoms with Gasteiger partial charge < -0.3 is 14.8 Å². The van der Waals surface area contributed by atoms with Crippen molar-refractivity contribution in [3.63, 3.8) is 0 Å². The number of carboxylic acids is 1. The molecule has 6 heteroatoms. The van der Waals surface area contributed by atoms with Crippen LogP contribution in [0, 0.1) is 0 Å². The van der Waals surface area contributed by atoms with Gasteiger partial charge in [-0.25, -0.2) is 9.78 Å². The Morgan fingerprint density at radius 2 is 2.32 bits per heavy atom. The zero-order chi connectivity index (χ0) is 13.2. The van der Waals surface area contributed by atoms with E-state index in [1.165, 1.54) is 0 Å². The molecule has 0 spiro atoms. The van der Waals surface area contributed by atoms with E-state index in [9.17, 15) is 4.79 Å². The van der Waals surface area contributed by atoms with Crippen LogP contribution in [-0.4, -0.2) is 39.0 Å². The Labute approximate surface area is 114 Å². The lowest BCUT2D eigenvalue weighted by Gasteiger charge is -2.09. The molecule has 1 aliphatic rings. The van der Waals surface area contributed by atoms with Gasteiger partial charge in [-0.15, -0.1) is 0 Å². The van der Waals surface area contributed by atoms with E-state index < -0.39 is 12.1 Å². The quantitative estimate of drug-likeness (QED) is 0.839. The van der Waals surface area contributed by atoms with E-state index in [-0.39, 0.29) is 6.10 Å². The molecule has 0 bridgehead atoms. The molecular formula is C13H14N2O3S. The van der Waals surface area contributed by atoms with E-state index in [0.717, 1.165) is 28.4 Å². The first-order chi connectivity index (χ1) is 9.22. The SMILES string of the molecule is O=C(O)C1CCC(CSc2nc3ccccc3[nH]2)O1. The molecule has 2 N–H and O–H groups in total. The molecule has 2 aromatic rings. The molecule has 100 valence electrons. The van der Waals surface area contributed by atoms with Crippen molar-refractivity contribution in [2.24, 2.45) is 0 Å². The lowest BCUT2D eigenvalue weighted by molar-refractivity contribution is -0.148. The van der Waals surface area contributed by atoms with E-state index >= 15 is 0 Å². The van der Waals surface area contributed by atoms with Gasteiger partial charge in [0.05, 0.1) is 17.1 Å². The van der Waals surface area contributed by atoms with Crippen molar-refractivity contribution < 1.29 is 14.6 Å². The fourth-order valence-electron chi connectivity index (χ4n) is 2.18. The smallest absolute Gasteiger partial charge is 0.332 e. The van der Waals surface area contributed by atoms with Gasteiger partial charge in [0.15, 0.2) is 11.3 Å². The van der Waals surface area contributed by atoms with Crippen LogP contribution in [0.4, 0.5) is 0 Å². The topological polar surface area (TPSA) is 75.2 Å². The summed E-state index contributed by atoms with van der Waals surface area (Å²) < 4.78 is 5.46. The van der Waals surface area contributed by atoms with Crippen LogP contribution in [0.1, 0.15) is 12.8 Å². The molecule has 1 aliphatic heterocycles. The Morgan fingerprint density at radius 3 is 3.05 bits per heavy atom. The number of carbonyl (C=O) groups is 1. The van der Waals surface area contributed by atoms with E-state index in [1.807, 2.05) is 24.3 Å². The molecule has 1 fully saturated rings. The predicted octanol–water partition coefficient (Wildman–Crippen LogP) is 2.29. The molecule has 1 aromatic carbocycles. The summed E-state index contributed by atoms with van der Waals surface area (Å²) in [5, 5.41) is 9.71. The molecule has 3 rings (SSSR count). The van der Waals surface area contributed by atoms with E-state index in [0.29, 0.717) is 6.42 Å². The highest BCUT2D eigenvalue weighted by Gasteiger charge is 2.30. The predicted molar refractivity (Wildman–Crippen MR) is 72.3 cm³/mol. The highest BCUT2D eigenvalue weighted by atomic mass is 32.2. The van der Waals surface area contributed by atoms with Gasteiger partial charge in [0, 0.05) is 5.75 Å². The number of thioether (sulfide) groups is 1. The van der Waals surface area contributed by atoms with E-state index in [2.05, 4.69) is 9.97 Å². The van der Waals surface area contributed by atoms with E-state index in [1.54, 1.807) is 11.8 Å². The molecule has 0 saturated carbocycles. The number of imidazole rings is 1. The van der Waals surface area contributed by atoms with Crippen LogP contribution >= 0.6 is 11.8 Å². The number of benzene rings is 1. The van der Waals surface area contributed by atoms with Gasteiger partial charge in [0.2, 0.25) is 0 Å². The number of hydrogen-bond donors (Lipinski definition) is 2. The van der Waals surface area contributed by atoms with Crippen molar-refractivity contribution in [1.82, 2.24) is 9.97 Å². The Kier molecular flexibility index (Phi) is 3.44. The first kappa shape index (κ1) is 12.5. The van der Waals surface area contributed by atoms with Crippen LogP contribution in [0.15, 0.2) is 29.4 Å². The maximum Gasteiger partial charge on any atom is 0.332 e. The molecule has 2 heterocycles. The Balaban J connectivity index is 1.59. The van der Waals surface area contributed by atoms with Gasteiger partial charge in [0.1, 0.15) is 0 Å². The number of hydrogen-bond acceptors (Lipinski definition) is 4. The molecule has 0 aliphatic carbocycles. The van der Waals surface area contributed by atoms with Crippen LogP contribution in [0.25, 0.3) is 11.0 Å². The number of aromatic nitrogens is 2. The molecule has 2 atom stereocenters. The average Bonchev–Trinajstić information content (AvgIpc) is 3.02. The van der Waals surface area contributed by atoms with Crippen LogP contribution in [-0.2, 0) is 9.53 Å². The van der Waals surface area contributed by atoms with Crippen molar-refractivity contribution in [3.8, 4) is 0 Å². The highest BCUT2D eigenvalue weighted by Crippen LogP contribution is 2.26. The number of nitrogens with zero attached hydrogens (tertiary/aromatic N) is 1. The minimum atomic E-state index is -0.865. The van der Waals surface area contributed by atoms with Crippen molar-refractivity contribution in [2.45, 2.75) is 30.2 Å². The van der Waals surface area contributed by atoms with Gasteiger partial charge in [-0.3, -0.25) is 0 Å². The fraction of sp³-hybridized carbons (Fsp3) is 0.385. The third kappa shape index (κ3) is 2.74. The first-order valence-corrected chi connectivity index (χ1v) is 7.17. The first-order valence-electron chi connectivity index (χ1n) is 6.18. The normalized spacial score (nSPS) is 22.9. The zero-order valence-electron chi connectivity index (χ0n) is 10.2. The largest absolute Gasteiger partial charge is 0.479 e. The van der Waals surface area contributed by atoms with Crippen LogP contribution < -0.4 is 0 Å². The Hall–Kier alpha value is -1.53. The summed E-state index contributed by atoms with van der Waals surface area (Å²) in [5.41, 5.74) is 1.96. The maximum atomic E-state index is 10.8. The maximum absolute atomic E-state index is 10.8. The minimum absolute atomic E-state index is 0.000637. The second kappa shape index (κ2) is 5.22. The monoisotopic (exact) mass is 278 g/mol. The van der Waals surface area contributed by atoms with Gasteiger partial charge in [-0.05, 0) is 25.0 Å². The summed E-state index contributed by atoms with van der Waals surface area (Å²) in [4.78, 5) is 18.5. The standard InChI is InChI=1S/C13H14N2O3S/c16-12(17)11-6-5-8(18-11)7-19-13-14-9-3-1-2-4-10(9)15-13/h1-4,8,11H,5-7H2,(H,14,15)(H,16,17). The Bertz CT molecular complexity index is 565. The number of ether oxygens (including phenoxy) is 1. The molecule has 19 heavy (non-hydrogen) atoms. The van der Waals surface area contributed by atoms with Gasteiger partial charge in [-0.1, -0.05) is 23.9 Å². The minimum Gasteiger partial charge on any atom is -0.479 e. The highest BCUT2D eigenvalue weighted by molar-refractivity contribution is 7.99. The number of para-hydroxylation sites is 2. The molecule has 0 radical (unpaired) electrons. The second-order valence-electron chi connectivity index (χ2n) is 4.53.